The Morgan fingerprint density at radius 1 is 0.632 bits per heavy atom. The lowest BCUT2D eigenvalue weighted by Crippen LogP contribution is -2.24. The van der Waals surface area contributed by atoms with E-state index in [2.05, 4.69) is 112 Å². The molecule has 5 nitrogen and oxygen atoms in total. The van der Waals surface area contributed by atoms with Gasteiger partial charge in [-0.1, -0.05) is 129 Å². The molecule has 0 fully saturated rings. The molecule has 57 heavy (non-hydrogen) atoms. The van der Waals surface area contributed by atoms with E-state index in [-0.39, 0.29) is 23.6 Å². The summed E-state index contributed by atoms with van der Waals surface area (Å²) in [5.41, 5.74) is 10.5. The van der Waals surface area contributed by atoms with Gasteiger partial charge in [-0.2, -0.15) is 0 Å². The Morgan fingerprint density at radius 3 is 2.02 bits per heavy atom. The SMILES string of the molecule is [2H]c1nc(-n2c3ccccc3c3ccc(Oc4cccc(N5CN(c6c(-c7ccccc7)cccc6-c6ccccc6)c6ccccc65)c4)cc32)c([2H])c(C([2H])([2H])[2H])c1CCC. The molecule has 7 aromatic carbocycles. The van der Waals surface area contributed by atoms with Crippen LogP contribution in [0.15, 0.2) is 182 Å². The van der Waals surface area contributed by atoms with Crippen molar-refractivity contribution in [1.82, 2.24) is 9.55 Å². The smallest absolute Gasteiger partial charge is 0.137 e. The van der Waals surface area contributed by atoms with E-state index in [0.29, 0.717) is 42.1 Å². The van der Waals surface area contributed by atoms with Crippen molar-refractivity contribution in [2.45, 2.75) is 26.6 Å². The molecule has 0 unspecified atom stereocenters. The molecule has 0 atom stereocenters. The molecule has 0 spiro atoms. The molecule has 0 bridgehead atoms. The Balaban J connectivity index is 1.05. The number of pyridine rings is 1. The zero-order valence-electron chi connectivity index (χ0n) is 36.5. The van der Waals surface area contributed by atoms with Crippen molar-refractivity contribution < 1.29 is 11.6 Å². The molecule has 5 heteroatoms. The fourth-order valence-electron chi connectivity index (χ4n) is 8.18. The van der Waals surface area contributed by atoms with Crippen LogP contribution in [0.2, 0.25) is 0 Å². The fraction of sp³-hybridized carbons (Fsp3) is 0.0962. The lowest BCUT2D eigenvalue weighted by atomic mass is 9.95. The first-order valence-electron chi connectivity index (χ1n) is 21.9. The molecular formula is C52H42N4O. The summed E-state index contributed by atoms with van der Waals surface area (Å²) in [4.78, 5) is 9.33. The third-order valence-corrected chi connectivity index (χ3v) is 10.8. The Bertz CT molecular complexity index is 3070. The van der Waals surface area contributed by atoms with Crippen LogP contribution in [0, 0.1) is 6.85 Å². The van der Waals surface area contributed by atoms with Crippen molar-refractivity contribution >= 4 is 44.6 Å². The van der Waals surface area contributed by atoms with Crippen LogP contribution in [0.4, 0.5) is 22.7 Å². The van der Waals surface area contributed by atoms with Gasteiger partial charge in [-0.3, -0.25) is 4.57 Å². The number of para-hydroxylation sites is 4. The summed E-state index contributed by atoms with van der Waals surface area (Å²) >= 11 is 0. The number of rotatable bonds is 9. The van der Waals surface area contributed by atoms with Crippen LogP contribution in [0.25, 0.3) is 49.9 Å². The third-order valence-electron chi connectivity index (χ3n) is 10.8. The van der Waals surface area contributed by atoms with Crippen LogP contribution in [-0.4, -0.2) is 16.2 Å². The summed E-state index contributed by atoms with van der Waals surface area (Å²) in [6.45, 7) is -0.0964. The summed E-state index contributed by atoms with van der Waals surface area (Å²) in [6.07, 6.45) is 0.861. The normalized spacial score (nSPS) is 13.9. The molecule has 10 rings (SSSR count). The van der Waals surface area contributed by atoms with Crippen LogP contribution >= 0.6 is 0 Å². The molecule has 2 aromatic heterocycles. The highest BCUT2D eigenvalue weighted by Gasteiger charge is 2.31. The highest BCUT2D eigenvalue weighted by Crippen LogP contribution is 2.50. The van der Waals surface area contributed by atoms with Crippen LogP contribution in [0.5, 0.6) is 11.5 Å². The van der Waals surface area contributed by atoms with E-state index in [9.17, 15) is 1.37 Å². The minimum Gasteiger partial charge on any atom is -0.457 e. The zero-order chi connectivity index (χ0) is 42.5. The number of fused-ring (bicyclic) bond motifs is 4. The van der Waals surface area contributed by atoms with Crippen LogP contribution in [0.1, 0.15) is 31.3 Å². The molecule has 1 aliphatic heterocycles. The third kappa shape index (κ3) is 6.18. The topological polar surface area (TPSA) is 33.5 Å². The van der Waals surface area contributed by atoms with Gasteiger partial charge in [-0.25, -0.2) is 4.98 Å². The highest BCUT2D eigenvalue weighted by atomic mass is 16.5. The van der Waals surface area contributed by atoms with Crippen molar-refractivity contribution in [2.75, 3.05) is 16.5 Å². The van der Waals surface area contributed by atoms with Crippen molar-refractivity contribution in [3.05, 3.63) is 193 Å². The largest absolute Gasteiger partial charge is 0.457 e. The van der Waals surface area contributed by atoms with E-state index in [1.165, 1.54) is 0 Å². The van der Waals surface area contributed by atoms with Crippen molar-refractivity contribution in [2.24, 2.45) is 0 Å². The maximum absolute atomic E-state index is 9.25. The second-order valence-electron chi connectivity index (χ2n) is 14.3. The summed E-state index contributed by atoms with van der Waals surface area (Å²) < 4.78 is 51.7. The molecule has 0 saturated carbocycles. The minimum absolute atomic E-state index is 0.104. The second-order valence-corrected chi connectivity index (χ2v) is 14.3. The number of aromatic nitrogens is 2. The Labute approximate surface area is 340 Å². The number of ether oxygens (including phenoxy) is 1. The summed E-state index contributed by atoms with van der Waals surface area (Å²) in [5.74, 6) is 1.30. The molecule has 3 heterocycles. The lowest BCUT2D eigenvalue weighted by Gasteiger charge is -2.27. The van der Waals surface area contributed by atoms with Gasteiger partial charge in [-0.05, 0) is 84.0 Å². The van der Waals surface area contributed by atoms with Crippen molar-refractivity contribution in [1.29, 1.82) is 0 Å². The summed E-state index contributed by atoms with van der Waals surface area (Å²) in [6, 6.07) is 57.6. The number of anilines is 4. The van der Waals surface area contributed by atoms with Gasteiger partial charge in [0.2, 0.25) is 0 Å². The fourth-order valence-corrected chi connectivity index (χ4v) is 8.18. The monoisotopic (exact) mass is 743 g/mol. The van der Waals surface area contributed by atoms with E-state index in [1.807, 2.05) is 79.7 Å². The number of hydrogen-bond acceptors (Lipinski definition) is 4. The number of hydrogen-bond donors (Lipinski definition) is 0. The predicted octanol–water partition coefficient (Wildman–Crippen LogP) is 13.8. The van der Waals surface area contributed by atoms with Gasteiger partial charge in [0.15, 0.2) is 0 Å². The number of benzene rings is 7. The maximum atomic E-state index is 9.25. The molecular weight excluding hydrogens is 697 g/mol. The standard InChI is InChI=1S/C52H42N4O/c1-3-16-39-34-53-51(31-36(39)2)56-47-26-11-10-23-45(47)46-30-29-42(33-50(46)56)57-41-22-14-21-40(32-41)54-35-55(49-28-13-12-27-48(49)54)52-43(37-17-6-4-7-18-37)24-15-25-44(52)38-19-8-5-9-20-38/h4-15,17-34H,3,16,35H2,1-2H3/i2D3,31D,34D. The van der Waals surface area contributed by atoms with E-state index in [4.69, 9.17) is 10.2 Å². The molecule has 1 aliphatic rings. The Hall–Kier alpha value is -7.11. The van der Waals surface area contributed by atoms with E-state index < -0.39 is 6.85 Å². The van der Waals surface area contributed by atoms with Crippen LogP contribution in [0.3, 0.4) is 0 Å². The Morgan fingerprint density at radius 2 is 1.28 bits per heavy atom. The predicted molar refractivity (Wildman–Crippen MR) is 237 cm³/mol. The van der Waals surface area contributed by atoms with Crippen molar-refractivity contribution in [3.8, 4) is 39.6 Å². The molecule has 0 N–H and O–H groups in total. The van der Waals surface area contributed by atoms with Gasteiger partial charge in [-0.15, -0.1) is 0 Å². The second kappa shape index (κ2) is 14.5. The maximum Gasteiger partial charge on any atom is 0.137 e. The average Bonchev–Trinajstić information content (AvgIpc) is 3.83. The lowest BCUT2D eigenvalue weighted by molar-refractivity contribution is 0.483. The minimum atomic E-state index is -2.59. The average molecular weight is 744 g/mol. The van der Waals surface area contributed by atoms with Gasteiger partial charge in [0.25, 0.3) is 0 Å². The van der Waals surface area contributed by atoms with E-state index in [1.54, 1.807) is 4.57 Å². The van der Waals surface area contributed by atoms with Gasteiger partial charge >= 0.3 is 0 Å². The first kappa shape index (κ1) is 29.2. The molecule has 9 aromatic rings. The quantitative estimate of drug-likeness (QED) is 0.147. The molecule has 0 amide bonds. The van der Waals surface area contributed by atoms with E-state index in [0.717, 1.165) is 61.3 Å². The van der Waals surface area contributed by atoms with Gasteiger partial charge in [0.1, 0.15) is 24.0 Å². The first-order valence-corrected chi connectivity index (χ1v) is 19.4. The van der Waals surface area contributed by atoms with E-state index >= 15 is 0 Å². The molecule has 276 valence electrons. The summed E-state index contributed by atoms with van der Waals surface area (Å²) in [7, 11) is 0. The molecule has 0 aliphatic carbocycles. The Kier molecular flexibility index (Phi) is 7.44. The van der Waals surface area contributed by atoms with Crippen molar-refractivity contribution in [3.63, 3.8) is 0 Å². The van der Waals surface area contributed by atoms with Gasteiger partial charge in [0.05, 0.1) is 30.8 Å². The molecule has 0 radical (unpaired) electrons. The van der Waals surface area contributed by atoms with Crippen LogP contribution in [-0.2, 0) is 6.42 Å². The highest BCUT2D eigenvalue weighted by molar-refractivity contribution is 6.09. The molecule has 0 saturated heterocycles. The van der Waals surface area contributed by atoms with Crippen LogP contribution < -0.4 is 14.5 Å². The number of nitrogens with zero attached hydrogens (tertiary/aromatic N) is 4. The summed E-state index contributed by atoms with van der Waals surface area (Å²) in [5, 5.41) is 1.81. The van der Waals surface area contributed by atoms with Gasteiger partial charge in [0, 0.05) is 50.0 Å². The van der Waals surface area contributed by atoms with Gasteiger partial charge < -0.3 is 14.5 Å². The zero-order valence-corrected chi connectivity index (χ0v) is 31.5. The first-order chi connectivity index (χ1) is 30.2.